The highest BCUT2D eigenvalue weighted by Gasteiger charge is 2.45. The fourth-order valence-corrected chi connectivity index (χ4v) is 3.35. The average molecular weight is 244 g/mol. The molecule has 0 aromatic heterocycles. The molecule has 16 heavy (non-hydrogen) atoms. The number of halogens is 1. The third kappa shape index (κ3) is 1.97. The van der Waals surface area contributed by atoms with Gasteiger partial charge in [0.2, 0.25) is 5.91 Å². The molecule has 2 bridgehead atoms. The molecular weight excluding hydrogens is 222 g/mol. The van der Waals surface area contributed by atoms with E-state index in [1.807, 2.05) is 0 Å². The second kappa shape index (κ2) is 4.21. The van der Waals surface area contributed by atoms with E-state index in [2.05, 4.69) is 25.7 Å². The van der Waals surface area contributed by atoms with Gasteiger partial charge in [0.15, 0.2) is 0 Å². The Morgan fingerprint density at radius 1 is 1.31 bits per heavy atom. The third-order valence-corrected chi connectivity index (χ3v) is 4.73. The van der Waals surface area contributed by atoms with Gasteiger partial charge in [0.1, 0.15) is 0 Å². The van der Waals surface area contributed by atoms with Gasteiger partial charge in [-0.05, 0) is 32.1 Å². The predicted molar refractivity (Wildman–Crippen MR) is 66.6 cm³/mol. The van der Waals surface area contributed by atoms with Crippen LogP contribution in [0, 0.1) is 5.41 Å². The number of carbonyl (C=O) groups is 1. The molecule has 0 aliphatic carbocycles. The summed E-state index contributed by atoms with van der Waals surface area (Å²) in [6.45, 7) is 6.21. The summed E-state index contributed by atoms with van der Waals surface area (Å²) < 4.78 is 0. The fraction of sp³-hybridized carbons (Fsp3) is 0.923. The van der Waals surface area contributed by atoms with E-state index in [9.17, 15) is 4.79 Å². The number of fused-ring (bicyclic) bond motifs is 2. The molecule has 2 saturated heterocycles. The maximum Gasteiger partial charge on any atom is 0.228 e. The summed E-state index contributed by atoms with van der Waals surface area (Å²) in [4.78, 5) is 14.7. The minimum absolute atomic E-state index is 0.208. The van der Waals surface area contributed by atoms with Gasteiger partial charge < -0.3 is 4.90 Å². The number of hydrogen-bond acceptors (Lipinski definition) is 1. The zero-order chi connectivity index (χ0) is 11.9. The van der Waals surface area contributed by atoms with Crippen LogP contribution in [0.4, 0.5) is 0 Å². The average Bonchev–Trinajstić information content (AvgIpc) is 2.50. The van der Waals surface area contributed by atoms with E-state index >= 15 is 0 Å². The summed E-state index contributed by atoms with van der Waals surface area (Å²) in [7, 11) is 0. The molecule has 2 heterocycles. The summed E-state index contributed by atoms with van der Waals surface area (Å²) >= 11 is 6.23. The highest BCUT2D eigenvalue weighted by molar-refractivity contribution is 6.20. The smallest absolute Gasteiger partial charge is 0.228 e. The van der Waals surface area contributed by atoms with Crippen LogP contribution in [0.3, 0.4) is 0 Å². The van der Waals surface area contributed by atoms with E-state index in [-0.39, 0.29) is 10.8 Å². The van der Waals surface area contributed by atoms with Crippen molar-refractivity contribution < 1.29 is 4.79 Å². The first-order chi connectivity index (χ1) is 7.45. The Labute approximate surface area is 103 Å². The van der Waals surface area contributed by atoms with Crippen molar-refractivity contribution in [2.75, 3.05) is 0 Å². The number of amides is 1. The first-order valence-electron chi connectivity index (χ1n) is 6.42. The van der Waals surface area contributed by atoms with Crippen molar-refractivity contribution in [1.82, 2.24) is 4.90 Å². The van der Waals surface area contributed by atoms with Crippen molar-refractivity contribution in [3.05, 3.63) is 0 Å². The second-order valence-corrected chi connectivity index (χ2v) is 6.52. The Morgan fingerprint density at radius 3 is 2.25 bits per heavy atom. The van der Waals surface area contributed by atoms with Gasteiger partial charge >= 0.3 is 0 Å². The van der Waals surface area contributed by atoms with E-state index in [0.717, 1.165) is 32.1 Å². The maximum absolute atomic E-state index is 12.5. The van der Waals surface area contributed by atoms with Crippen LogP contribution in [-0.2, 0) is 4.79 Å². The van der Waals surface area contributed by atoms with Gasteiger partial charge in [-0.25, -0.2) is 0 Å². The molecule has 2 unspecified atom stereocenters. The highest BCUT2D eigenvalue weighted by atomic mass is 35.5. The van der Waals surface area contributed by atoms with E-state index in [1.54, 1.807) is 0 Å². The molecule has 2 fully saturated rings. The fourth-order valence-electron chi connectivity index (χ4n) is 2.94. The van der Waals surface area contributed by atoms with Crippen molar-refractivity contribution in [3.63, 3.8) is 0 Å². The molecule has 0 spiro atoms. The second-order valence-electron chi connectivity index (χ2n) is 5.90. The first-order valence-corrected chi connectivity index (χ1v) is 6.86. The molecule has 92 valence electrons. The third-order valence-electron chi connectivity index (χ3n) is 4.37. The number of hydrogen-bond donors (Lipinski definition) is 0. The zero-order valence-corrected chi connectivity index (χ0v) is 11.3. The quantitative estimate of drug-likeness (QED) is 0.683. The van der Waals surface area contributed by atoms with Crippen LogP contribution < -0.4 is 0 Å². The van der Waals surface area contributed by atoms with Gasteiger partial charge in [-0.2, -0.15) is 0 Å². The Balaban J connectivity index is 2.14. The van der Waals surface area contributed by atoms with Gasteiger partial charge in [0.25, 0.3) is 0 Å². The van der Waals surface area contributed by atoms with Gasteiger partial charge in [0, 0.05) is 22.9 Å². The summed E-state index contributed by atoms with van der Waals surface area (Å²) in [5, 5.41) is 0.284. The summed E-state index contributed by atoms with van der Waals surface area (Å²) in [5.74, 6) is 0.339. The highest BCUT2D eigenvalue weighted by Crippen LogP contribution is 2.40. The van der Waals surface area contributed by atoms with Gasteiger partial charge in [-0.3, -0.25) is 4.79 Å². The zero-order valence-electron chi connectivity index (χ0n) is 10.5. The molecule has 2 atom stereocenters. The van der Waals surface area contributed by atoms with Crippen molar-refractivity contribution in [2.24, 2.45) is 5.41 Å². The molecular formula is C13H22ClNO. The van der Waals surface area contributed by atoms with Gasteiger partial charge in [0.05, 0.1) is 0 Å². The SMILES string of the molecule is CCC(C)(C)C(=O)N1C2CCC1CC(Cl)C2. The standard InChI is InChI=1S/C13H22ClNO/c1-4-13(2,3)12(16)15-10-5-6-11(15)8-9(14)7-10/h9-11H,4-8H2,1-3H3. The molecule has 2 nitrogen and oxygen atoms in total. The largest absolute Gasteiger partial charge is 0.336 e. The predicted octanol–water partition coefficient (Wildman–Crippen LogP) is 3.18. The number of nitrogens with zero attached hydrogens (tertiary/aromatic N) is 1. The molecule has 2 aliphatic heterocycles. The number of rotatable bonds is 2. The van der Waals surface area contributed by atoms with Crippen molar-refractivity contribution in [2.45, 2.75) is 70.3 Å². The topological polar surface area (TPSA) is 20.3 Å². The molecule has 2 aliphatic rings. The molecule has 0 saturated carbocycles. The molecule has 0 N–H and O–H groups in total. The lowest BCUT2D eigenvalue weighted by Gasteiger charge is -2.41. The molecule has 1 amide bonds. The molecule has 0 aromatic rings. The molecule has 2 rings (SSSR count). The lowest BCUT2D eigenvalue weighted by Crippen LogP contribution is -2.51. The van der Waals surface area contributed by atoms with Crippen LogP contribution in [0.1, 0.15) is 52.9 Å². The van der Waals surface area contributed by atoms with E-state index < -0.39 is 0 Å². The van der Waals surface area contributed by atoms with E-state index in [1.165, 1.54) is 0 Å². The van der Waals surface area contributed by atoms with Crippen LogP contribution in [0.15, 0.2) is 0 Å². The van der Waals surface area contributed by atoms with E-state index in [4.69, 9.17) is 11.6 Å². The van der Waals surface area contributed by atoms with Crippen molar-refractivity contribution in [1.29, 1.82) is 0 Å². The van der Waals surface area contributed by atoms with Crippen LogP contribution in [0.2, 0.25) is 0 Å². The van der Waals surface area contributed by atoms with Crippen LogP contribution >= 0.6 is 11.6 Å². The monoisotopic (exact) mass is 243 g/mol. The summed E-state index contributed by atoms with van der Waals surface area (Å²) in [5.41, 5.74) is -0.208. The lowest BCUT2D eigenvalue weighted by molar-refractivity contribution is -0.145. The van der Waals surface area contributed by atoms with Crippen molar-refractivity contribution >= 4 is 17.5 Å². The van der Waals surface area contributed by atoms with Crippen LogP contribution in [0.25, 0.3) is 0 Å². The summed E-state index contributed by atoms with van der Waals surface area (Å²) in [6, 6.07) is 0.833. The number of piperidine rings is 1. The maximum atomic E-state index is 12.5. The minimum Gasteiger partial charge on any atom is -0.336 e. The molecule has 0 radical (unpaired) electrons. The van der Waals surface area contributed by atoms with Crippen LogP contribution in [-0.4, -0.2) is 28.3 Å². The Hall–Kier alpha value is -0.240. The first kappa shape index (κ1) is 12.2. The number of alkyl halides is 1. The molecule has 3 heteroatoms. The Bertz CT molecular complexity index is 276. The Kier molecular flexibility index (Phi) is 3.22. The normalized spacial score (nSPS) is 34.2. The number of carbonyl (C=O) groups excluding carboxylic acids is 1. The molecule has 0 aromatic carbocycles. The van der Waals surface area contributed by atoms with Crippen LogP contribution in [0.5, 0.6) is 0 Å². The van der Waals surface area contributed by atoms with E-state index in [0.29, 0.717) is 18.0 Å². The van der Waals surface area contributed by atoms with Crippen molar-refractivity contribution in [3.8, 4) is 0 Å². The summed E-state index contributed by atoms with van der Waals surface area (Å²) in [6.07, 6.45) is 5.19. The van der Waals surface area contributed by atoms with Gasteiger partial charge in [-0.1, -0.05) is 20.8 Å². The lowest BCUT2D eigenvalue weighted by atomic mass is 9.86. The minimum atomic E-state index is -0.208. The Morgan fingerprint density at radius 2 is 1.81 bits per heavy atom. The van der Waals surface area contributed by atoms with Gasteiger partial charge in [-0.15, -0.1) is 11.6 Å².